The van der Waals surface area contributed by atoms with E-state index >= 15 is 0 Å². The molecule has 0 heterocycles. The summed E-state index contributed by atoms with van der Waals surface area (Å²) in [5.74, 6) is 2.45. The molecule has 0 bridgehead atoms. The molecule has 0 aliphatic rings. The normalized spacial score (nSPS) is 10.8. The molecule has 3 N–H and O–H groups in total. The highest BCUT2D eigenvalue weighted by molar-refractivity contribution is 9.10. The molecule has 0 saturated heterocycles. The molecule has 0 amide bonds. The number of benzene rings is 2. The number of nitrogens with one attached hydrogen (secondary N) is 1. The molecule has 0 aliphatic heterocycles. The van der Waals surface area contributed by atoms with Gasteiger partial charge >= 0.3 is 0 Å². The van der Waals surface area contributed by atoms with Crippen LogP contribution in [0.2, 0.25) is 0 Å². The molecule has 0 radical (unpaired) electrons. The number of anilines is 2. The van der Waals surface area contributed by atoms with Crippen LogP contribution in [0.3, 0.4) is 0 Å². The molecule has 102 valence electrons. The molecule has 0 aliphatic carbocycles. The zero-order chi connectivity index (χ0) is 14.8. The van der Waals surface area contributed by atoms with Crippen molar-refractivity contribution in [2.24, 2.45) is 0 Å². The molecule has 4 nitrogen and oxygen atoms in total. The lowest BCUT2D eigenvalue weighted by Crippen LogP contribution is -2.14. The van der Waals surface area contributed by atoms with Gasteiger partial charge in [0.2, 0.25) is 0 Å². The number of hydrogen-bond acceptors (Lipinski definition) is 3. The SMILES string of the molecule is C#Cc1cccc(NS(=O)(=O)c2cc(Br)ccc2N)c1. The van der Waals surface area contributed by atoms with Crippen LogP contribution in [0.5, 0.6) is 0 Å². The lowest BCUT2D eigenvalue weighted by atomic mass is 10.2. The summed E-state index contributed by atoms with van der Waals surface area (Å²) < 4.78 is 27.7. The van der Waals surface area contributed by atoms with Gasteiger partial charge in [0.25, 0.3) is 10.0 Å². The van der Waals surface area contributed by atoms with Crippen LogP contribution in [0, 0.1) is 12.3 Å². The third-order valence-electron chi connectivity index (χ3n) is 2.55. The number of terminal acetylenes is 1. The summed E-state index contributed by atoms with van der Waals surface area (Å²) in [6.45, 7) is 0. The second-order valence-electron chi connectivity index (χ2n) is 4.01. The highest BCUT2D eigenvalue weighted by Crippen LogP contribution is 2.25. The maximum absolute atomic E-state index is 12.3. The summed E-state index contributed by atoms with van der Waals surface area (Å²) in [5.41, 5.74) is 6.87. The van der Waals surface area contributed by atoms with Crippen LogP contribution < -0.4 is 10.5 Å². The van der Waals surface area contributed by atoms with Gasteiger partial charge < -0.3 is 5.73 Å². The number of nitrogen functional groups attached to an aromatic ring is 1. The third-order valence-corrected chi connectivity index (χ3v) is 4.48. The summed E-state index contributed by atoms with van der Waals surface area (Å²) in [6.07, 6.45) is 5.28. The second-order valence-corrected chi connectivity index (χ2v) is 6.58. The Labute approximate surface area is 126 Å². The van der Waals surface area contributed by atoms with Crippen molar-refractivity contribution in [1.29, 1.82) is 0 Å². The van der Waals surface area contributed by atoms with Crippen LogP contribution in [0.1, 0.15) is 5.56 Å². The molecule has 2 aromatic carbocycles. The van der Waals surface area contributed by atoms with Crippen molar-refractivity contribution >= 4 is 37.3 Å². The van der Waals surface area contributed by atoms with Crippen LogP contribution in [-0.4, -0.2) is 8.42 Å². The molecular formula is C14H11BrN2O2S. The summed E-state index contributed by atoms with van der Waals surface area (Å²) in [5, 5.41) is 0. The van der Waals surface area contributed by atoms with Crippen molar-refractivity contribution in [3.8, 4) is 12.3 Å². The third kappa shape index (κ3) is 3.13. The summed E-state index contributed by atoms with van der Waals surface area (Å²) >= 11 is 3.22. The lowest BCUT2D eigenvalue weighted by molar-refractivity contribution is 0.601. The summed E-state index contributed by atoms with van der Waals surface area (Å²) in [7, 11) is -3.77. The molecule has 20 heavy (non-hydrogen) atoms. The van der Waals surface area contributed by atoms with Crippen molar-refractivity contribution in [2.45, 2.75) is 4.90 Å². The quantitative estimate of drug-likeness (QED) is 0.660. The Balaban J connectivity index is 2.41. The molecule has 0 saturated carbocycles. The minimum Gasteiger partial charge on any atom is -0.398 e. The Hall–Kier alpha value is -1.97. The van der Waals surface area contributed by atoms with E-state index in [2.05, 4.69) is 26.6 Å². The molecule has 0 unspecified atom stereocenters. The smallest absolute Gasteiger partial charge is 0.263 e. The van der Waals surface area contributed by atoms with Gasteiger partial charge in [-0.25, -0.2) is 8.42 Å². The minimum atomic E-state index is -3.77. The highest BCUT2D eigenvalue weighted by Gasteiger charge is 2.18. The topological polar surface area (TPSA) is 72.2 Å². The first kappa shape index (κ1) is 14.4. The van der Waals surface area contributed by atoms with Gasteiger partial charge in [-0.3, -0.25) is 4.72 Å². The first-order valence-corrected chi connectivity index (χ1v) is 7.84. The van der Waals surface area contributed by atoms with Crippen LogP contribution in [0.25, 0.3) is 0 Å². The van der Waals surface area contributed by atoms with Gasteiger partial charge in [-0.05, 0) is 36.4 Å². The van der Waals surface area contributed by atoms with Crippen LogP contribution in [0.15, 0.2) is 51.8 Å². The number of halogens is 1. The number of sulfonamides is 1. The fourth-order valence-corrected chi connectivity index (χ4v) is 3.34. The van der Waals surface area contributed by atoms with Gasteiger partial charge in [-0.2, -0.15) is 0 Å². The first-order chi connectivity index (χ1) is 9.42. The van der Waals surface area contributed by atoms with E-state index < -0.39 is 10.0 Å². The van der Waals surface area contributed by atoms with Crippen LogP contribution >= 0.6 is 15.9 Å². The number of hydrogen-bond donors (Lipinski definition) is 2. The molecule has 0 fully saturated rings. The van der Waals surface area contributed by atoms with E-state index in [1.807, 2.05) is 0 Å². The first-order valence-electron chi connectivity index (χ1n) is 5.57. The zero-order valence-corrected chi connectivity index (χ0v) is 12.7. The molecule has 0 aromatic heterocycles. The Bertz CT molecular complexity index is 795. The van der Waals surface area contributed by atoms with Gasteiger partial charge in [0, 0.05) is 10.0 Å². The Kier molecular flexibility index (Phi) is 4.02. The van der Waals surface area contributed by atoms with E-state index in [-0.39, 0.29) is 10.6 Å². The second kappa shape index (κ2) is 5.57. The summed E-state index contributed by atoms with van der Waals surface area (Å²) in [6, 6.07) is 11.2. The minimum absolute atomic E-state index is 0.0120. The van der Waals surface area contributed by atoms with Crippen molar-refractivity contribution in [3.63, 3.8) is 0 Å². The molecule has 0 spiro atoms. The maximum Gasteiger partial charge on any atom is 0.263 e. The fourth-order valence-electron chi connectivity index (χ4n) is 1.62. The van der Waals surface area contributed by atoms with E-state index in [0.717, 1.165) is 0 Å². The molecule has 6 heteroatoms. The fraction of sp³-hybridized carbons (Fsp3) is 0. The Morgan fingerprint density at radius 3 is 2.65 bits per heavy atom. The van der Waals surface area contributed by atoms with Gasteiger partial charge in [0.1, 0.15) is 4.90 Å². The molecular weight excluding hydrogens is 340 g/mol. The Morgan fingerprint density at radius 1 is 1.20 bits per heavy atom. The number of nitrogens with two attached hydrogens (primary N) is 1. The van der Waals surface area contributed by atoms with Crippen molar-refractivity contribution in [1.82, 2.24) is 0 Å². The average Bonchev–Trinajstić information content (AvgIpc) is 2.41. The van der Waals surface area contributed by atoms with Gasteiger partial charge in [0.15, 0.2) is 0 Å². The lowest BCUT2D eigenvalue weighted by Gasteiger charge is -2.10. The maximum atomic E-state index is 12.3. The van der Waals surface area contributed by atoms with Gasteiger partial charge in [-0.1, -0.05) is 27.9 Å². The molecule has 2 aromatic rings. The van der Waals surface area contributed by atoms with Crippen molar-refractivity contribution in [2.75, 3.05) is 10.5 Å². The highest BCUT2D eigenvalue weighted by atomic mass is 79.9. The predicted molar refractivity (Wildman–Crippen MR) is 83.7 cm³/mol. The monoisotopic (exact) mass is 350 g/mol. The largest absolute Gasteiger partial charge is 0.398 e. The number of rotatable bonds is 3. The van der Waals surface area contributed by atoms with Crippen molar-refractivity contribution in [3.05, 3.63) is 52.5 Å². The van der Waals surface area contributed by atoms with E-state index in [0.29, 0.717) is 15.7 Å². The van der Waals surface area contributed by atoms with Gasteiger partial charge in [-0.15, -0.1) is 6.42 Å². The van der Waals surface area contributed by atoms with E-state index in [1.54, 1.807) is 30.3 Å². The van der Waals surface area contributed by atoms with Crippen molar-refractivity contribution < 1.29 is 8.42 Å². The zero-order valence-electron chi connectivity index (χ0n) is 10.3. The van der Waals surface area contributed by atoms with Gasteiger partial charge in [0.05, 0.1) is 11.4 Å². The van der Waals surface area contributed by atoms with Crippen LogP contribution in [-0.2, 0) is 10.0 Å². The standard InChI is InChI=1S/C14H11BrN2O2S/c1-2-10-4-3-5-12(8-10)17-20(18,19)14-9-11(15)6-7-13(14)16/h1,3-9,17H,16H2. The summed E-state index contributed by atoms with van der Waals surface area (Å²) in [4.78, 5) is 0.0120. The molecule has 2 rings (SSSR count). The van der Waals surface area contributed by atoms with E-state index in [1.165, 1.54) is 12.1 Å². The Morgan fingerprint density at radius 2 is 1.95 bits per heavy atom. The average molecular weight is 351 g/mol. The van der Waals surface area contributed by atoms with E-state index in [9.17, 15) is 8.42 Å². The van der Waals surface area contributed by atoms with E-state index in [4.69, 9.17) is 12.2 Å². The predicted octanol–water partition coefficient (Wildman–Crippen LogP) is 2.81. The molecule has 0 atom stereocenters. The van der Waals surface area contributed by atoms with Crippen LogP contribution in [0.4, 0.5) is 11.4 Å².